The second-order valence-electron chi connectivity index (χ2n) is 8.24. The van der Waals surface area contributed by atoms with Crippen LogP contribution in [0.3, 0.4) is 0 Å². The van der Waals surface area contributed by atoms with Crippen LogP contribution in [0.25, 0.3) is 11.0 Å². The predicted molar refractivity (Wildman–Crippen MR) is 136 cm³/mol. The summed E-state index contributed by atoms with van der Waals surface area (Å²) < 4.78 is 18.7. The lowest BCUT2D eigenvalue weighted by molar-refractivity contribution is 0.0949. The van der Waals surface area contributed by atoms with Crippen LogP contribution in [0.15, 0.2) is 66.7 Å². The third-order valence-corrected chi connectivity index (χ3v) is 5.91. The maximum absolute atomic E-state index is 12.8. The number of nitrogens with one attached hydrogen (secondary N) is 1. The number of benzene rings is 3. The van der Waals surface area contributed by atoms with E-state index >= 15 is 0 Å². The molecule has 0 unspecified atom stereocenters. The van der Waals surface area contributed by atoms with Crippen LogP contribution in [0.5, 0.6) is 17.2 Å². The Bertz CT molecular complexity index is 1300. The molecule has 1 aromatic heterocycles. The lowest BCUT2D eigenvalue weighted by Crippen LogP contribution is -2.25. The zero-order valence-electron chi connectivity index (χ0n) is 20.4. The molecule has 4 aromatic rings. The third-order valence-electron chi connectivity index (χ3n) is 5.91. The first-order valence-electron chi connectivity index (χ1n) is 11.7. The predicted octanol–water partition coefficient (Wildman–Crippen LogP) is 5.15. The summed E-state index contributed by atoms with van der Waals surface area (Å²) in [5.41, 5.74) is 3.61. The van der Waals surface area contributed by atoms with Crippen LogP contribution in [0.2, 0.25) is 0 Å². The number of imidazole rings is 1. The summed E-state index contributed by atoms with van der Waals surface area (Å²) in [6.07, 6.45) is 1.85. The van der Waals surface area contributed by atoms with Gasteiger partial charge in [0.1, 0.15) is 11.6 Å². The van der Waals surface area contributed by atoms with Gasteiger partial charge in [0.15, 0.2) is 11.5 Å². The summed E-state index contributed by atoms with van der Waals surface area (Å²) in [5.74, 6) is 2.65. The van der Waals surface area contributed by atoms with Crippen molar-refractivity contribution in [1.82, 2.24) is 14.9 Å². The van der Waals surface area contributed by atoms with Crippen LogP contribution in [-0.2, 0) is 13.1 Å². The average Bonchev–Trinajstić information content (AvgIpc) is 3.25. The van der Waals surface area contributed by atoms with Gasteiger partial charge >= 0.3 is 0 Å². The van der Waals surface area contributed by atoms with Crippen LogP contribution in [0.4, 0.5) is 0 Å². The second-order valence-corrected chi connectivity index (χ2v) is 8.24. The summed E-state index contributed by atoms with van der Waals surface area (Å²) in [5, 5.41) is 2.99. The van der Waals surface area contributed by atoms with Crippen LogP contribution in [0, 0.1) is 6.92 Å². The molecular weight excluding hydrogens is 442 g/mol. The van der Waals surface area contributed by atoms with Crippen molar-refractivity contribution >= 4 is 16.9 Å². The molecule has 35 heavy (non-hydrogen) atoms. The maximum Gasteiger partial charge on any atom is 0.251 e. The summed E-state index contributed by atoms with van der Waals surface area (Å²) >= 11 is 0. The van der Waals surface area contributed by atoms with Crippen LogP contribution < -0.4 is 19.5 Å². The van der Waals surface area contributed by atoms with Gasteiger partial charge in [-0.1, -0.05) is 30.3 Å². The van der Waals surface area contributed by atoms with Crippen molar-refractivity contribution in [1.29, 1.82) is 0 Å². The van der Waals surface area contributed by atoms with Gasteiger partial charge in [0.05, 0.1) is 38.4 Å². The van der Waals surface area contributed by atoms with E-state index in [-0.39, 0.29) is 5.91 Å². The van der Waals surface area contributed by atoms with Gasteiger partial charge in [0, 0.05) is 12.1 Å². The highest BCUT2D eigenvalue weighted by Gasteiger charge is 2.14. The van der Waals surface area contributed by atoms with E-state index in [1.54, 1.807) is 32.4 Å². The smallest absolute Gasteiger partial charge is 0.251 e. The highest BCUT2D eigenvalue weighted by Crippen LogP contribution is 2.27. The molecule has 3 aromatic carbocycles. The number of methoxy groups -OCH3 is 2. The minimum Gasteiger partial charge on any atom is -0.493 e. The van der Waals surface area contributed by atoms with Gasteiger partial charge in [-0.3, -0.25) is 4.79 Å². The molecule has 0 aliphatic rings. The van der Waals surface area contributed by atoms with E-state index < -0.39 is 0 Å². The number of nitrogens with zero attached hydrogens (tertiary/aromatic N) is 2. The molecule has 0 spiro atoms. The molecule has 0 radical (unpaired) electrons. The Kier molecular flexibility index (Phi) is 7.88. The quantitative estimate of drug-likeness (QED) is 0.305. The van der Waals surface area contributed by atoms with Gasteiger partial charge in [0.2, 0.25) is 0 Å². The number of hydrogen-bond acceptors (Lipinski definition) is 5. The van der Waals surface area contributed by atoms with E-state index in [0.717, 1.165) is 47.6 Å². The minimum atomic E-state index is -0.198. The molecule has 0 atom stereocenters. The Morgan fingerprint density at radius 2 is 1.69 bits per heavy atom. The van der Waals surface area contributed by atoms with Crippen LogP contribution in [0.1, 0.15) is 34.6 Å². The topological polar surface area (TPSA) is 74.6 Å². The van der Waals surface area contributed by atoms with Gasteiger partial charge in [-0.15, -0.1) is 0 Å². The van der Waals surface area contributed by atoms with E-state index in [1.165, 1.54) is 0 Å². The summed E-state index contributed by atoms with van der Waals surface area (Å²) in [6, 6.07) is 21.2. The summed E-state index contributed by atoms with van der Waals surface area (Å²) in [4.78, 5) is 17.6. The summed E-state index contributed by atoms with van der Waals surface area (Å²) in [7, 11) is 3.12. The third kappa shape index (κ3) is 5.74. The van der Waals surface area contributed by atoms with Crippen molar-refractivity contribution in [3.05, 3.63) is 83.7 Å². The Morgan fingerprint density at radius 3 is 2.49 bits per heavy atom. The number of unbranched alkanes of at least 4 members (excludes halogenated alkanes) is 1. The van der Waals surface area contributed by atoms with Gasteiger partial charge in [-0.25, -0.2) is 4.98 Å². The van der Waals surface area contributed by atoms with Gasteiger partial charge in [0.25, 0.3) is 5.91 Å². The molecule has 0 aliphatic carbocycles. The number of rotatable bonds is 11. The fraction of sp³-hybridized carbons (Fsp3) is 0.286. The first-order valence-corrected chi connectivity index (χ1v) is 11.7. The van der Waals surface area contributed by atoms with Crippen molar-refractivity contribution in [2.45, 2.75) is 32.9 Å². The molecule has 0 saturated carbocycles. The van der Waals surface area contributed by atoms with E-state index in [0.29, 0.717) is 30.2 Å². The van der Waals surface area contributed by atoms with E-state index in [4.69, 9.17) is 19.2 Å². The Balaban J connectivity index is 1.40. The number of ether oxygens (including phenoxy) is 3. The monoisotopic (exact) mass is 473 g/mol. The van der Waals surface area contributed by atoms with Crippen molar-refractivity contribution in [2.75, 3.05) is 20.8 Å². The van der Waals surface area contributed by atoms with Gasteiger partial charge in [-0.2, -0.15) is 0 Å². The molecule has 0 fully saturated rings. The largest absolute Gasteiger partial charge is 0.493 e. The SMILES string of the molecule is COc1ccc(C(=O)NCc2nc3ccccc3n2CCCCOc2ccccc2C)cc1OC. The highest BCUT2D eigenvalue weighted by molar-refractivity contribution is 5.94. The lowest BCUT2D eigenvalue weighted by Gasteiger charge is -2.12. The minimum absolute atomic E-state index is 0.198. The fourth-order valence-corrected chi connectivity index (χ4v) is 4.02. The summed E-state index contributed by atoms with van der Waals surface area (Å²) in [6.45, 7) is 3.82. The van der Waals surface area contributed by atoms with Gasteiger partial charge < -0.3 is 24.1 Å². The number of fused-ring (bicyclic) bond motifs is 1. The van der Waals surface area contributed by atoms with E-state index in [1.807, 2.05) is 36.4 Å². The number of carbonyl (C=O) groups excluding carboxylic acids is 1. The van der Waals surface area contributed by atoms with Crippen molar-refractivity contribution < 1.29 is 19.0 Å². The van der Waals surface area contributed by atoms with E-state index in [2.05, 4.69) is 28.9 Å². The molecule has 7 heteroatoms. The number of amides is 1. The number of aromatic nitrogens is 2. The molecule has 1 heterocycles. The molecule has 0 aliphatic heterocycles. The number of carbonyl (C=O) groups is 1. The number of aryl methyl sites for hydroxylation is 2. The molecule has 0 bridgehead atoms. The molecular formula is C28H31N3O4. The zero-order chi connectivity index (χ0) is 24.6. The van der Waals surface area contributed by atoms with Crippen molar-refractivity contribution in [3.63, 3.8) is 0 Å². The first-order chi connectivity index (χ1) is 17.1. The van der Waals surface area contributed by atoms with E-state index in [9.17, 15) is 4.79 Å². The molecule has 0 saturated heterocycles. The standard InChI is InChI=1S/C28H31N3O4/c1-20-10-4-7-13-24(20)35-17-9-8-16-31-23-12-6-5-11-22(23)30-27(31)19-29-28(32)21-14-15-25(33-2)26(18-21)34-3/h4-7,10-15,18H,8-9,16-17,19H2,1-3H3,(H,29,32). The van der Waals surface area contributed by atoms with Crippen LogP contribution in [-0.4, -0.2) is 36.3 Å². The van der Waals surface area contributed by atoms with Crippen molar-refractivity contribution in [2.24, 2.45) is 0 Å². The maximum atomic E-state index is 12.8. The van der Waals surface area contributed by atoms with Crippen LogP contribution >= 0.6 is 0 Å². The Morgan fingerprint density at radius 1 is 0.914 bits per heavy atom. The molecule has 4 rings (SSSR count). The van der Waals surface area contributed by atoms with Crippen molar-refractivity contribution in [3.8, 4) is 17.2 Å². The molecule has 1 amide bonds. The first kappa shape index (κ1) is 24.1. The molecule has 1 N–H and O–H groups in total. The average molecular weight is 474 g/mol. The highest BCUT2D eigenvalue weighted by atomic mass is 16.5. The Labute approximate surface area is 205 Å². The fourth-order valence-electron chi connectivity index (χ4n) is 4.02. The number of para-hydroxylation sites is 3. The molecule has 182 valence electrons. The second kappa shape index (κ2) is 11.4. The van der Waals surface area contributed by atoms with Gasteiger partial charge in [-0.05, 0) is 61.7 Å². The number of hydrogen-bond donors (Lipinski definition) is 1. The normalized spacial score (nSPS) is 10.8. The Hall–Kier alpha value is -4.00. The molecule has 7 nitrogen and oxygen atoms in total. The zero-order valence-corrected chi connectivity index (χ0v) is 20.4. The lowest BCUT2D eigenvalue weighted by atomic mass is 10.2.